The molecule has 1 heterocycles. The molecule has 2 aromatic rings. The van der Waals surface area contributed by atoms with Gasteiger partial charge in [-0.2, -0.15) is 0 Å². The summed E-state index contributed by atoms with van der Waals surface area (Å²) in [6, 6.07) is 4.94. The minimum Gasteiger partial charge on any atom is -0.450 e. The number of nitrogens with one attached hydrogen (secondary N) is 2. The first-order valence-electron chi connectivity index (χ1n) is 7.77. The second kappa shape index (κ2) is 6.28. The van der Waals surface area contributed by atoms with Crippen molar-refractivity contribution in [2.45, 2.75) is 38.1 Å². The number of nitrogens with zero attached hydrogens (tertiary/aromatic N) is 1. The van der Waals surface area contributed by atoms with Crippen LogP contribution >= 0.6 is 0 Å². The highest BCUT2D eigenvalue weighted by Crippen LogP contribution is 2.38. The first kappa shape index (κ1) is 15.3. The van der Waals surface area contributed by atoms with E-state index in [9.17, 15) is 14.9 Å². The number of alkyl carbamates (subject to hydrolysis) is 1. The maximum atomic E-state index is 11.5. The summed E-state index contributed by atoms with van der Waals surface area (Å²) in [6.07, 6.45) is 4.17. The minimum absolute atomic E-state index is 0.0858. The second-order valence-corrected chi connectivity index (χ2v) is 5.80. The van der Waals surface area contributed by atoms with Crippen LogP contribution in [-0.4, -0.2) is 28.6 Å². The average Bonchev–Trinajstić information content (AvgIpc) is 3.12. The summed E-state index contributed by atoms with van der Waals surface area (Å²) in [6.45, 7) is 2.13. The number of aromatic amines is 1. The molecule has 2 unspecified atom stereocenters. The van der Waals surface area contributed by atoms with Gasteiger partial charge in [0.1, 0.15) is 0 Å². The summed E-state index contributed by atoms with van der Waals surface area (Å²) in [4.78, 5) is 25.3. The number of nitro benzene ring substituents is 1. The van der Waals surface area contributed by atoms with Gasteiger partial charge in [-0.15, -0.1) is 0 Å². The molecule has 0 bridgehead atoms. The summed E-state index contributed by atoms with van der Waals surface area (Å²) in [5, 5.41) is 14.7. The molecule has 0 spiro atoms. The van der Waals surface area contributed by atoms with E-state index in [-0.39, 0.29) is 28.7 Å². The van der Waals surface area contributed by atoms with Gasteiger partial charge in [-0.05, 0) is 43.7 Å². The van der Waals surface area contributed by atoms with Gasteiger partial charge in [-0.25, -0.2) is 4.79 Å². The van der Waals surface area contributed by atoms with Crippen molar-refractivity contribution in [1.29, 1.82) is 0 Å². The SMILES string of the molecule is CCOC(=O)NC1CCC(c2c[nH]c3ccc([N+](=O)[O-])cc23)C1. The van der Waals surface area contributed by atoms with E-state index in [0.29, 0.717) is 6.61 Å². The molecule has 7 heteroatoms. The topological polar surface area (TPSA) is 97.3 Å². The van der Waals surface area contributed by atoms with Crippen molar-refractivity contribution in [3.05, 3.63) is 40.1 Å². The highest BCUT2D eigenvalue weighted by Gasteiger charge is 2.29. The standard InChI is InChI=1S/C16H19N3O4/c1-2-23-16(20)18-11-4-3-10(7-11)14-9-17-15-6-5-12(19(21)22)8-13(14)15/h5-6,8-11,17H,2-4,7H2,1H3,(H,18,20). The zero-order valence-electron chi connectivity index (χ0n) is 12.9. The first-order chi connectivity index (χ1) is 11.1. The fourth-order valence-electron chi connectivity index (χ4n) is 3.32. The van der Waals surface area contributed by atoms with Gasteiger partial charge in [0.15, 0.2) is 0 Å². The zero-order valence-corrected chi connectivity index (χ0v) is 12.9. The molecule has 1 aromatic heterocycles. The monoisotopic (exact) mass is 317 g/mol. The van der Waals surface area contributed by atoms with E-state index < -0.39 is 0 Å². The van der Waals surface area contributed by atoms with E-state index in [1.54, 1.807) is 19.1 Å². The van der Waals surface area contributed by atoms with Crippen molar-refractivity contribution in [2.24, 2.45) is 0 Å². The van der Waals surface area contributed by atoms with Gasteiger partial charge in [-0.3, -0.25) is 10.1 Å². The lowest BCUT2D eigenvalue weighted by molar-refractivity contribution is -0.384. The van der Waals surface area contributed by atoms with Crippen molar-refractivity contribution in [3.63, 3.8) is 0 Å². The number of ether oxygens (including phenoxy) is 1. The fraction of sp³-hybridized carbons (Fsp3) is 0.438. The van der Waals surface area contributed by atoms with E-state index in [4.69, 9.17) is 4.74 Å². The third-order valence-electron chi connectivity index (χ3n) is 4.38. The Morgan fingerprint density at radius 3 is 3.04 bits per heavy atom. The molecule has 2 atom stereocenters. The summed E-state index contributed by atoms with van der Waals surface area (Å²) in [7, 11) is 0. The number of rotatable bonds is 4. The molecule has 7 nitrogen and oxygen atoms in total. The van der Waals surface area contributed by atoms with Crippen molar-refractivity contribution in [1.82, 2.24) is 10.3 Å². The summed E-state index contributed by atoms with van der Waals surface area (Å²) in [5.41, 5.74) is 2.07. The highest BCUT2D eigenvalue weighted by molar-refractivity contribution is 5.86. The number of nitro groups is 1. The van der Waals surface area contributed by atoms with Crippen LogP contribution in [0.5, 0.6) is 0 Å². The maximum absolute atomic E-state index is 11.5. The minimum atomic E-state index is -0.382. The number of H-pyrrole nitrogens is 1. The summed E-state index contributed by atoms with van der Waals surface area (Å²) < 4.78 is 4.91. The second-order valence-electron chi connectivity index (χ2n) is 5.80. The quantitative estimate of drug-likeness (QED) is 0.666. The van der Waals surface area contributed by atoms with Crippen LogP contribution < -0.4 is 5.32 Å². The van der Waals surface area contributed by atoms with Crippen molar-refractivity contribution >= 4 is 22.7 Å². The number of non-ortho nitro benzene ring substituents is 1. The Hall–Kier alpha value is -2.57. The Bertz CT molecular complexity index is 740. The molecule has 1 amide bonds. The number of aromatic nitrogens is 1. The molecule has 0 radical (unpaired) electrons. The van der Waals surface area contributed by atoms with Crippen molar-refractivity contribution in [3.8, 4) is 0 Å². The van der Waals surface area contributed by atoms with Gasteiger partial charge < -0.3 is 15.0 Å². The third kappa shape index (κ3) is 3.13. The van der Waals surface area contributed by atoms with E-state index in [1.165, 1.54) is 6.07 Å². The Balaban J connectivity index is 1.77. The number of hydrogen-bond donors (Lipinski definition) is 2. The van der Waals surface area contributed by atoms with E-state index in [0.717, 1.165) is 35.7 Å². The molecule has 0 saturated heterocycles. The molecule has 23 heavy (non-hydrogen) atoms. The Morgan fingerprint density at radius 1 is 1.48 bits per heavy atom. The normalized spacial score (nSPS) is 20.6. The molecule has 3 rings (SSSR count). The van der Waals surface area contributed by atoms with Gasteiger partial charge >= 0.3 is 6.09 Å². The largest absolute Gasteiger partial charge is 0.450 e. The molecule has 1 aliphatic rings. The molecule has 1 saturated carbocycles. The lowest BCUT2D eigenvalue weighted by Crippen LogP contribution is -2.33. The number of benzene rings is 1. The lowest BCUT2D eigenvalue weighted by atomic mass is 9.96. The van der Waals surface area contributed by atoms with Gasteiger partial charge in [-0.1, -0.05) is 0 Å². The summed E-state index contributed by atoms with van der Waals surface area (Å²) >= 11 is 0. The number of hydrogen-bond acceptors (Lipinski definition) is 4. The van der Waals surface area contributed by atoms with Crippen molar-refractivity contribution < 1.29 is 14.5 Å². The van der Waals surface area contributed by atoms with E-state index >= 15 is 0 Å². The van der Waals surface area contributed by atoms with Crippen LogP contribution in [0.25, 0.3) is 10.9 Å². The van der Waals surface area contributed by atoms with Crippen LogP contribution in [0, 0.1) is 10.1 Å². The number of carbonyl (C=O) groups is 1. The predicted molar refractivity (Wildman–Crippen MR) is 85.5 cm³/mol. The molecule has 2 N–H and O–H groups in total. The number of amides is 1. The van der Waals surface area contributed by atoms with Crippen LogP contribution in [0.2, 0.25) is 0 Å². The summed E-state index contributed by atoms with van der Waals surface area (Å²) in [5.74, 6) is 0.276. The van der Waals surface area contributed by atoms with Gasteiger partial charge in [0.25, 0.3) is 5.69 Å². The Morgan fingerprint density at radius 2 is 2.30 bits per heavy atom. The maximum Gasteiger partial charge on any atom is 0.407 e. The molecule has 1 aromatic carbocycles. The lowest BCUT2D eigenvalue weighted by Gasteiger charge is -2.13. The van der Waals surface area contributed by atoms with Crippen LogP contribution in [0.15, 0.2) is 24.4 Å². The fourth-order valence-corrected chi connectivity index (χ4v) is 3.32. The predicted octanol–water partition coefficient (Wildman–Crippen LogP) is 3.46. The molecular weight excluding hydrogens is 298 g/mol. The van der Waals surface area contributed by atoms with Crippen LogP contribution in [0.3, 0.4) is 0 Å². The van der Waals surface area contributed by atoms with Crippen LogP contribution in [-0.2, 0) is 4.74 Å². The molecule has 1 aliphatic carbocycles. The molecule has 0 aliphatic heterocycles. The molecule has 1 fully saturated rings. The van der Waals surface area contributed by atoms with Crippen LogP contribution in [0.4, 0.5) is 10.5 Å². The Kier molecular flexibility index (Phi) is 4.18. The zero-order chi connectivity index (χ0) is 16.4. The Labute approximate surface area is 133 Å². The third-order valence-corrected chi connectivity index (χ3v) is 4.38. The van der Waals surface area contributed by atoms with Gasteiger partial charge in [0.05, 0.1) is 11.5 Å². The average molecular weight is 317 g/mol. The first-order valence-corrected chi connectivity index (χ1v) is 7.77. The van der Waals surface area contributed by atoms with E-state index in [2.05, 4.69) is 10.3 Å². The van der Waals surface area contributed by atoms with Crippen molar-refractivity contribution in [2.75, 3.05) is 6.61 Å². The molecular formula is C16H19N3O4. The van der Waals surface area contributed by atoms with Gasteiger partial charge in [0, 0.05) is 35.3 Å². The van der Waals surface area contributed by atoms with E-state index in [1.807, 2.05) is 6.20 Å². The molecule has 122 valence electrons. The number of carbonyl (C=O) groups excluding carboxylic acids is 1. The smallest absolute Gasteiger partial charge is 0.407 e. The van der Waals surface area contributed by atoms with Gasteiger partial charge in [0.2, 0.25) is 0 Å². The highest BCUT2D eigenvalue weighted by atomic mass is 16.6. The number of fused-ring (bicyclic) bond motifs is 1. The van der Waals surface area contributed by atoms with Crippen LogP contribution in [0.1, 0.15) is 37.7 Å².